The van der Waals surface area contributed by atoms with Crippen molar-refractivity contribution in [2.45, 2.75) is 56.8 Å². The Balaban J connectivity index is 1.95. The van der Waals surface area contributed by atoms with E-state index in [9.17, 15) is 0 Å². The Morgan fingerprint density at radius 2 is 2.00 bits per heavy atom. The van der Waals surface area contributed by atoms with Crippen LogP contribution in [0.4, 0.5) is 0 Å². The lowest BCUT2D eigenvalue weighted by molar-refractivity contribution is 0.228. The monoisotopic (exact) mass is 235 g/mol. The molecule has 2 aliphatic carbocycles. The van der Waals surface area contributed by atoms with Gasteiger partial charge in [-0.25, -0.2) is 0 Å². The normalized spacial score (nSPS) is 22.6. The average molecular weight is 235 g/mol. The largest absolute Gasteiger partial charge is 0.330 e. The molecule has 0 amide bonds. The molecule has 1 fully saturated rings. The molecule has 16 heavy (non-hydrogen) atoms. The fourth-order valence-corrected chi connectivity index (χ4v) is 4.74. The van der Waals surface area contributed by atoms with Crippen molar-refractivity contribution >= 4 is 11.3 Å². The van der Waals surface area contributed by atoms with E-state index in [1.807, 2.05) is 11.3 Å². The van der Waals surface area contributed by atoms with Crippen molar-refractivity contribution in [2.24, 2.45) is 5.73 Å². The molecule has 2 N–H and O–H groups in total. The average Bonchev–Trinajstić information content (AvgIpc) is 2.68. The zero-order valence-electron chi connectivity index (χ0n) is 9.93. The highest BCUT2D eigenvalue weighted by molar-refractivity contribution is 7.10. The van der Waals surface area contributed by atoms with Crippen LogP contribution in [0.15, 0.2) is 5.38 Å². The van der Waals surface area contributed by atoms with Gasteiger partial charge in [-0.2, -0.15) is 0 Å². The molecule has 1 nitrogen and oxygen atoms in total. The second-order valence-electron chi connectivity index (χ2n) is 5.43. The highest BCUT2D eigenvalue weighted by Gasteiger charge is 2.40. The van der Waals surface area contributed by atoms with Crippen LogP contribution in [0.1, 0.15) is 54.5 Å². The van der Waals surface area contributed by atoms with E-state index >= 15 is 0 Å². The fraction of sp³-hybridized carbons (Fsp3) is 0.714. The Hall–Kier alpha value is -0.340. The first-order valence-corrected chi connectivity index (χ1v) is 7.53. The van der Waals surface area contributed by atoms with Gasteiger partial charge in [-0.05, 0) is 73.4 Å². The van der Waals surface area contributed by atoms with Gasteiger partial charge in [-0.1, -0.05) is 6.42 Å². The summed E-state index contributed by atoms with van der Waals surface area (Å²) in [4.78, 5) is 1.68. The van der Waals surface area contributed by atoms with Crippen molar-refractivity contribution in [1.82, 2.24) is 0 Å². The maximum Gasteiger partial charge on any atom is 0.00802 e. The summed E-state index contributed by atoms with van der Waals surface area (Å²) >= 11 is 2.01. The van der Waals surface area contributed by atoms with E-state index in [-0.39, 0.29) is 0 Å². The Bertz CT molecular complexity index is 376. The van der Waals surface area contributed by atoms with Crippen molar-refractivity contribution < 1.29 is 0 Å². The molecule has 0 unspecified atom stereocenters. The summed E-state index contributed by atoms with van der Waals surface area (Å²) in [5.41, 5.74) is 9.73. The van der Waals surface area contributed by atoms with Crippen LogP contribution < -0.4 is 5.73 Å². The van der Waals surface area contributed by atoms with Crippen LogP contribution in [0.3, 0.4) is 0 Å². The molecule has 1 heterocycles. The summed E-state index contributed by atoms with van der Waals surface area (Å²) in [5.74, 6) is 0. The van der Waals surface area contributed by atoms with Crippen LogP contribution in [0, 0.1) is 0 Å². The van der Waals surface area contributed by atoms with Gasteiger partial charge in [0.15, 0.2) is 0 Å². The van der Waals surface area contributed by atoms with Gasteiger partial charge in [0, 0.05) is 4.88 Å². The van der Waals surface area contributed by atoms with Gasteiger partial charge in [0.25, 0.3) is 0 Å². The Labute approximate surface area is 102 Å². The maximum absolute atomic E-state index is 5.81. The van der Waals surface area contributed by atoms with Gasteiger partial charge in [-0.3, -0.25) is 0 Å². The van der Waals surface area contributed by atoms with Crippen LogP contribution in [0.2, 0.25) is 0 Å². The Morgan fingerprint density at radius 3 is 2.69 bits per heavy atom. The second-order valence-corrected chi connectivity index (χ2v) is 6.39. The van der Waals surface area contributed by atoms with Crippen molar-refractivity contribution in [1.29, 1.82) is 0 Å². The smallest absolute Gasteiger partial charge is 0.00802 e. The number of hydrogen-bond acceptors (Lipinski definition) is 2. The van der Waals surface area contributed by atoms with Crippen molar-refractivity contribution in [3.63, 3.8) is 0 Å². The minimum absolute atomic E-state index is 0.496. The Kier molecular flexibility index (Phi) is 2.80. The number of fused-ring (bicyclic) bond motifs is 1. The molecule has 0 atom stereocenters. The molecule has 0 saturated heterocycles. The molecule has 1 aromatic rings. The van der Waals surface area contributed by atoms with Gasteiger partial charge in [0.05, 0.1) is 0 Å². The Morgan fingerprint density at radius 1 is 1.19 bits per heavy atom. The summed E-state index contributed by atoms with van der Waals surface area (Å²) in [5, 5.41) is 2.46. The van der Waals surface area contributed by atoms with Gasteiger partial charge < -0.3 is 5.73 Å². The van der Waals surface area contributed by atoms with Crippen molar-refractivity contribution in [2.75, 3.05) is 6.54 Å². The molecular weight excluding hydrogens is 214 g/mol. The predicted molar refractivity (Wildman–Crippen MR) is 70.2 cm³/mol. The molecule has 0 radical (unpaired) electrons. The van der Waals surface area contributed by atoms with Gasteiger partial charge in [-0.15, -0.1) is 11.3 Å². The topological polar surface area (TPSA) is 26.0 Å². The van der Waals surface area contributed by atoms with Gasteiger partial charge >= 0.3 is 0 Å². The predicted octanol–water partition coefficient (Wildman–Crippen LogP) is 3.40. The summed E-state index contributed by atoms with van der Waals surface area (Å²) in [7, 11) is 0. The molecule has 0 aromatic carbocycles. The number of hydrogen-bond donors (Lipinski definition) is 1. The third kappa shape index (κ3) is 1.54. The summed E-state index contributed by atoms with van der Waals surface area (Å²) < 4.78 is 0. The second kappa shape index (κ2) is 4.15. The van der Waals surface area contributed by atoms with E-state index in [0.29, 0.717) is 5.41 Å². The van der Waals surface area contributed by atoms with Crippen LogP contribution in [-0.4, -0.2) is 6.54 Å². The van der Waals surface area contributed by atoms with E-state index in [1.54, 1.807) is 16.0 Å². The SMILES string of the molecule is NCCC1(c2csc3c2CCCC3)CCC1. The van der Waals surface area contributed by atoms with Gasteiger partial charge in [0.1, 0.15) is 0 Å². The van der Waals surface area contributed by atoms with Crippen LogP contribution in [0.25, 0.3) is 0 Å². The number of aryl methyl sites for hydroxylation is 1. The van der Waals surface area contributed by atoms with E-state index < -0.39 is 0 Å². The molecule has 0 spiro atoms. The molecule has 2 heteroatoms. The third-order valence-corrected chi connectivity index (χ3v) is 5.65. The summed E-state index contributed by atoms with van der Waals surface area (Å²) in [6, 6.07) is 0. The van der Waals surface area contributed by atoms with Crippen LogP contribution >= 0.6 is 11.3 Å². The summed E-state index contributed by atoms with van der Waals surface area (Å²) in [6.45, 7) is 0.852. The van der Waals surface area contributed by atoms with Crippen molar-refractivity contribution in [3.05, 3.63) is 21.4 Å². The fourth-order valence-electron chi connectivity index (χ4n) is 3.47. The highest BCUT2D eigenvalue weighted by Crippen LogP contribution is 2.50. The van der Waals surface area contributed by atoms with Gasteiger partial charge in [0.2, 0.25) is 0 Å². The molecule has 1 saturated carbocycles. The maximum atomic E-state index is 5.81. The van der Waals surface area contributed by atoms with Crippen LogP contribution in [0.5, 0.6) is 0 Å². The zero-order valence-corrected chi connectivity index (χ0v) is 10.7. The third-order valence-electron chi connectivity index (χ3n) is 4.57. The van der Waals surface area contributed by atoms with Crippen LogP contribution in [-0.2, 0) is 18.3 Å². The number of thiophene rings is 1. The minimum Gasteiger partial charge on any atom is -0.330 e. The molecule has 0 aliphatic heterocycles. The highest BCUT2D eigenvalue weighted by atomic mass is 32.1. The number of rotatable bonds is 3. The standard InChI is InChI=1S/C14H21NS/c15-9-8-14(6-3-7-14)12-10-16-13-5-2-1-4-11(12)13/h10H,1-9,15H2. The lowest BCUT2D eigenvalue weighted by Gasteiger charge is -2.43. The molecule has 0 bridgehead atoms. The molecule has 1 aromatic heterocycles. The first-order valence-electron chi connectivity index (χ1n) is 6.65. The lowest BCUT2D eigenvalue weighted by Crippen LogP contribution is -2.37. The van der Waals surface area contributed by atoms with Crippen molar-refractivity contribution in [3.8, 4) is 0 Å². The lowest BCUT2D eigenvalue weighted by atomic mass is 9.61. The van der Waals surface area contributed by atoms with E-state index in [0.717, 1.165) is 6.54 Å². The molecule has 2 aliphatic rings. The first-order chi connectivity index (χ1) is 7.86. The zero-order chi connectivity index (χ0) is 11.0. The molecule has 3 rings (SSSR count). The van der Waals surface area contributed by atoms with E-state index in [4.69, 9.17) is 5.73 Å². The number of nitrogens with two attached hydrogens (primary N) is 1. The first kappa shape index (κ1) is 10.8. The summed E-state index contributed by atoms with van der Waals surface area (Å²) in [6.07, 6.45) is 10.8. The molecular formula is C14H21NS. The van der Waals surface area contributed by atoms with E-state index in [1.165, 1.54) is 51.4 Å². The quantitative estimate of drug-likeness (QED) is 0.854. The minimum atomic E-state index is 0.496. The molecule has 88 valence electrons. The van der Waals surface area contributed by atoms with E-state index in [2.05, 4.69) is 5.38 Å².